The summed E-state index contributed by atoms with van der Waals surface area (Å²) in [6.45, 7) is 8.11. The molecule has 0 spiro atoms. The highest BCUT2D eigenvalue weighted by Crippen LogP contribution is 2.32. The van der Waals surface area contributed by atoms with E-state index in [9.17, 15) is 0 Å². The molecular weight excluding hydrogens is 234 g/mol. The molecule has 0 radical (unpaired) electrons. The second-order valence-electron chi connectivity index (χ2n) is 4.87. The van der Waals surface area contributed by atoms with Crippen LogP contribution in [0, 0.1) is 39.0 Å². The van der Waals surface area contributed by atoms with Gasteiger partial charge in [-0.25, -0.2) is 0 Å². The van der Waals surface area contributed by atoms with Crippen molar-refractivity contribution in [3.05, 3.63) is 58.1 Å². The first-order valence-electron chi connectivity index (χ1n) is 6.28. The maximum absolute atomic E-state index is 9.15. The number of rotatable bonds is 2. The molecule has 0 unspecified atom stereocenters. The smallest absolute Gasteiger partial charge is 0.145 e. The lowest BCUT2D eigenvalue weighted by Gasteiger charge is -2.14. The highest BCUT2D eigenvalue weighted by atomic mass is 16.5. The number of aryl methyl sites for hydroxylation is 3. The van der Waals surface area contributed by atoms with E-state index in [2.05, 4.69) is 19.1 Å². The summed E-state index contributed by atoms with van der Waals surface area (Å²) in [4.78, 5) is 0. The van der Waals surface area contributed by atoms with Crippen LogP contribution in [0.15, 0.2) is 30.3 Å². The standard InChI is InChI=1S/C17H17NO/c1-11-5-8-15(10-18)16(9-11)19-17-13(3)7-6-12(2)14(17)4/h5-9H,1-4H3. The topological polar surface area (TPSA) is 33.0 Å². The summed E-state index contributed by atoms with van der Waals surface area (Å²) in [5.41, 5.74) is 5.02. The fourth-order valence-electron chi connectivity index (χ4n) is 2.00. The average Bonchev–Trinajstić information content (AvgIpc) is 2.39. The number of hydrogen-bond donors (Lipinski definition) is 0. The van der Waals surface area contributed by atoms with Gasteiger partial charge in [-0.05, 0) is 62.1 Å². The van der Waals surface area contributed by atoms with Gasteiger partial charge in [-0.15, -0.1) is 0 Å². The first kappa shape index (κ1) is 13.2. The lowest BCUT2D eigenvalue weighted by molar-refractivity contribution is 0.472. The monoisotopic (exact) mass is 251 g/mol. The summed E-state index contributed by atoms with van der Waals surface area (Å²) < 4.78 is 6.00. The molecule has 2 nitrogen and oxygen atoms in total. The van der Waals surface area contributed by atoms with E-state index in [4.69, 9.17) is 10.00 Å². The van der Waals surface area contributed by atoms with E-state index >= 15 is 0 Å². The van der Waals surface area contributed by atoms with E-state index in [1.54, 1.807) is 6.07 Å². The molecule has 0 amide bonds. The summed E-state index contributed by atoms with van der Waals surface area (Å²) >= 11 is 0. The Kier molecular flexibility index (Phi) is 3.57. The molecule has 0 aliphatic carbocycles. The van der Waals surface area contributed by atoms with E-state index in [1.165, 1.54) is 5.56 Å². The zero-order valence-electron chi connectivity index (χ0n) is 11.7. The second kappa shape index (κ2) is 5.16. The molecule has 0 fully saturated rings. The van der Waals surface area contributed by atoms with Gasteiger partial charge < -0.3 is 4.74 Å². The third-order valence-electron chi connectivity index (χ3n) is 3.34. The fraction of sp³-hybridized carbons (Fsp3) is 0.235. The van der Waals surface area contributed by atoms with Gasteiger partial charge in [0.25, 0.3) is 0 Å². The molecule has 0 bridgehead atoms. The Balaban J connectivity index is 2.51. The number of hydrogen-bond acceptors (Lipinski definition) is 2. The lowest BCUT2D eigenvalue weighted by Crippen LogP contribution is -1.95. The summed E-state index contributed by atoms with van der Waals surface area (Å²) in [5.74, 6) is 1.47. The molecule has 2 aromatic rings. The Morgan fingerprint density at radius 2 is 1.63 bits per heavy atom. The summed E-state index contributed by atoms with van der Waals surface area (Å²) in [7, 11) is 0. The Labute approximate surface area is 114 Å². The molecule has 19 heavy (non-hydrogen) atoms. The maximum Gasteiger partial charge on any atom is 0.145 e. The van der Waals surface area contributed by atoms with Gasteiger partial charge in [0.1, 0.15) is 17.6 Å². The van der Waals surface area contributed by atoms with Gasteiger partial charge in [0.2, 0.25) is 0 Å². The van der Waals surface area contributed by atoms with Crippen molar-refractivity contribution in [2.45, 2.75) is 27.7 Å². The Hall–Kier alpha value is -2.27. The Bertz CT molecular complexity index is 666. The van der Waals surface area contributed by atoms with Crippen LogP contribution in [0.2, 0.25) is 0 Å². The van der Waals surface area contributed by atoms with Crippen molar-refractivity contribution >= 4 is 0 Å². The molecule has 96 valence electrons. The van der Waals surface area contributed by atoms with Crippen molar-refractivity contribution in [3.63, 3.8) is 0 Å². The van der Waals surface area contributed by atoms with Crippen LogP contribution in [-0.4, -0.2) is 0 Å². The first-order valence-corrected chi connectivity index (χ1v) is 6.28. The van der Waals surface area contributed by atoms with E-state index in [-0.39, 0.29) is 0 Å². The number of benzene rings is 2. The highest BCUT2D eigenvalue weighted by Gasteiger charge is 2.10. The van der Waals surface area contributed by atoms with Crippen molar-refractivity contribution in [3.8, 4) is 17.6 Å². The van der Waals surface area contributed by atoms with Crippen LogP contribution in [0.5, 0.6) is 11.5 Å². The van der Waals surface area contributed by atoms with Gasteiger partial charge >= 0.3 is 0 Å². The van der Waals surface area contributed by atoms with Crippen LogP contribution in [0.1, 0.15) is 27.8 Å². The van der Waals surface area contributed by atoms with Crippen molar-refractivity contribution in [1.29, 1.82) is 5.26 Å². The molecule has 0 aliphatic heterocycles. The minimum absolute atomic E-state index is 0.561. The number of ether oxygens (including phenoxy) is 1. The molecule has 0 saturated carbocycles. The zero-order valence-corrected chi connectivity index (χ0v) is 11.7. The Morgan fingerprint density at radius 3 is 2.32 bits per heavy atom. The third-order valence-corrected chi connectivity index (χ3v) is 3.34. The largest absolute Gasteiger partial charge is 0.455 e. The van der Waals surface area contributed by atoms with E-state index in [0.717, 1.165) is 22.4 Å². The van der Waals surface area contributed by atoms with Gasteiger partial charge in [0.15, 0.2) is 0 Å². The predicted octanol–water partition coefficient (Wildman–Crippen LogP) is 4.58. The molecular formula is C17H17NO. The van der Waals surface area contributed by atoms with Gasteiger partial charge in [-0.2, -0.15) is 5.26 Å². The zero-order chi connectivity index (χ0) is 14.0. The highest BCUT2D eigenvalue weighted by molar-refractivity contribution is 5.51. The minimum atomic E-state index is 0.561. The van der Waals surface area contributed by atoms with E-state index in [0.29, 0.717) is 11.3 Å². The van der Waals surface area contributed by atoms with Crippen LogP contribution in [-0.2, 0) is 0 Å². The van der Waals surface area contributed by atoms with E-state index < -0.39 is 0 Å². The van der Waals surface area contributed by atoms with Crippen LogP contribution < -0.4 is 4.74 Å². The van der Waals surface area contributed by atoms with Crippen molar-refractivity contribution in [2.24, 2.45) is 0 Å². The first-order chi connectivity index (χ1) is 9.02. The van der Waals surface area contributed by atoms with Crippen molar-refractivity contribution in [1.82, 2.24) is 0 Å². The van der Waals surface area contributed by atoms with E-state index in [1.807, 2.05) is 39.0 Å². The van der Waals surface area contributed by atoms with Gasteiger partial charge in [0.05, 0.1) is 5.56 Å². The quantitative estimate of drug-likeness (QED) is 0.782. The molecule has 0 heterocycles. The predicted molar refractivity (Wildman–Crippen MR) is 76.6 cm³/mol. The maximum atomic E-state index is 9.15. The summed E-state index contributed by atoms with van der Waals surface area (Å²) in [6.07, 6.45) is 0. The summed E-state index contributed by atoms with van der Waals surface area (Å²) in [5, 5.41) is 9.15. The lowest BCUT2D eigenvalue weighted by atomic mass is 10.1. The van der Waals surface area contributed by atoms with Crippen LogP contribution >= 0.6 is 0 Å². The normalized spacial score (nSPS) is 10.1. The fourth-order valence-corrected chi connectivity index (χ4v) is 2.00. The van der Waals surface area contributed by atoms with Crippen molar-refractivity contribution < 1.29 is 4.74 Å². The van der Waals surface area contributed by atoms with Gasteiger partial charge in [-0.1, -0.05) is 18.2 Å². The number of nitriles is 1. The minimum Gasteiger partial charge on any atom is -0.455 e. The molecule has 2 aromatic carbocycles. The summed E-state index contributed by atoms with van der Waals surface area (Å²) in [6, 6.07) is 11.9. The van der Waals surface area contributed by atoms with Crippen LogP contribution in [0.25, 0.3) is 0 Å². The SMILES string of the molecule is Cc1ccc(C#N)c(Oc2c(C)ccc(C)c2C)c1. The molecule has 0 N–H and O–H groups in total. The molecule has 0 saturated heterocycles. The van der Waals surface area contributed by atoms with Crippen LogP contribution in [0.3, 0.4) is 0 Å². The van der Waals surface area contributed by atoms with Gasteiger partial charge in [-0.3, -0.25) is 0 Å². The average molecular weight is 251 g/mol. The molecule has 2 rings (SSSR count). The molecule has 0 aliphatic rings. The van der Waals surface area contributed by atoms with Gasteiger partial charge in [0, 0.05) is 0 Å². The molecule has 0 aromatic heterocycles. The molecule has 0 atom stereocenters. The Morgan fingerprint density at radius 1 is 0.947 bits per heavy atom. The number of nitrogens with zero attached hydrogens (tertiary/aromatic N) is 1. The third kappa shape index (κ3) is 2.61. The second-order valence-corrected chi connectivity index (χ2v) is 4.87. The van der Waals surface area contributed by atoms with Crippen LogP contribution in [0.4, 0.5) is 0 Å². The molecule has 2 heteroatoms. The van der Waals surface area contributed by atoms with Crippen molar-refractivity contribution in [2.75, 3.05) is 0 Å².